The molecule has 3 aromatic rings. The average Bonchev–Trinajstić information content (AvgIpc) is 3.50. The van der Waals surface area contributed by atoms with Crippen LogP contribution in [-0.4, -0.2) is 13.4 Å². The smallest absolute Gasteiger partial charge is 0.261 e. The molecule has 1 aliphatic heterocycles. The summed E-state index contributed by atoms with van der Waals surface area (Å²) in [6.07, 6.45) is 2.99. The molecule has 0 saturated carbocycles. The van der Waals surface area contributed by atoms with E-state index in [0.29, 0.717) is 16.3 Å². The Balaban J connectivity index is 1.61. The number of pyridine rings is 1. The number of epoxide rings is 1. The topological polar surface area (TPSA) is 71.6 Å². The molecule has 5 nitrogen and oxygen atoms in total. The van der Waals surface area contributed by atoms with Gasteiger partial charge in [0, 0.05) is 28.5 Å². The van der Waals surface area contributed by atoms with Crippen molar-refractivity contribution in [1.29, 1.82) is 0 Å². The normalized spacial score (nSPS) is 18.8. The van der Waals surface area contributed by atoms with Gasteiger partial charge < -0.3 is 4.74 Å². The average molecular weight is 443 g/mol. The molecule has 30 heavy (non-hydrogen) atoms. The van der Waals surface area contributed by atoms with Crippen molar-refractivity contribution in [2.45, 2.75) is 43.3 Å². The van der Waals surface area contributed by atoms with Crippen molar-refractivity contribution in [2.24, 2.45) is 0 Å². The van der Waals surface area contributed by atoms with Crippen LogP contribution in [0.5, 0.6) is 0 Å². The maximum atomic E-state index is 13.0. The number of sulfonamides is 1. The van der Waals surface area contributed by atoms with E-state index in [9.17, 15) is 8.42 Å². The summed E-state index contributed by atoms with van der Waals surface area (Å²) in [5.74, 6) is 0. The quantitative estimate of drug-likeness (QED) is 0.518. The number of anilines is 1. The van der Waals surface area contributed by atoms with E-state index in [0.717, 1.165) is 11.1 Å². The van der Waals surface area contributed by atoms with Crippen molar-refractivity contribution >= 4 is 27.3 Å². The second kappa shape index (κ2) is 7.69. The SMILES string of the molecule is CC(C)(C)c1ccc(S(=O)(=O)Nc2ccc(Cl)cc2C2OC2c2cccnc2)cc1. The predicted molar refractivity (Wildman–Crippen MR) is 118 cm³/mol. The minimum atomic E-state index is -3.76. The van der Waals surface area contributed by atoms with Gasteiger partial charge in [-0.1, -0.05) is 50.6 Å². The Kier molecular flexibility index (Phi) is 5.34. The standard InChI is InChI=1S/C23H23ClN2O3S/c1-23(2,3)16-6-9-18(10-7-16)30(27,28)26-20-11-8-17(24)13-19(20)22-21(29-22)15-5-4-12-25-14-15/h4-14,21-22,26H,1-3H3. The minimum absolute atomic E-state index is 0.0519. The second-order valence-electron chi connectivity index (χ2n) is 8.38. The molecule has 2 aromatic carbocycles. The third-order valence-electron chi connectivity index (χ3n) is 5.10. The number of hydrogen-bond donors (Lipinski definition) is 1. The molecule has 1 saturated heterocycles. The molecule has 1 aliphatic rings. The lowest BCUT2D eigenvalue weighted by atomic mass is 9.87. The first kappa shape index (κ1) is 20.8. The highest BCUT2D eigenvalue weighted by molar-refractivity contribution is 7.92. The summed E-state index contributed by atoms with van der Waals surface area (Å²) in [4.78, 5) is 4.33. The maximum Gasteiger partial charge on any atom is 0.261 e. The van der Waals surface area contributed by atoms with Crippen LogP contribution in [0.15, 0.2) is 71.9 Å². The Labute approximate surface area is 182 Å². The fourth-order valence-corrected chi connectivity index (χ4v) is 4.61. The van der Waals surface area contributed by atoms with Crippen molar-refractivity contribution in [3.63, 3.8) is 0 Å². The van der Waals surface area contributed by atoms with Gasteiger partial charge in [-0.25, -0.2) is 8.42 Å². The molecule has 1 N–H and O–H groups in total. The number of benzene rings is 2. The number of ether oxygens (including phenoxy) is 1. The van der Waals surface area contributed by atoms with Gasteiger partial charge >= 0.3 is 0 Å². The Morgan fingerprint density at radius 3 is 2.40 bits per heavy atom. The third kappa shape index (κ3) is 4.36. The van der Waals surface area contributed by atoms with Gasteiger partial charge in [0.1, 0.15) is 12.2 Å². The zero-order valence-electron chi connectivity index (χ0n) is 17.0. The molecule has 0 spiro atoms. The van der Waals surface area contributed by atoms with E-state index < -0.39 is 10.0 Å². The Morgan fingerprint density at radius 2 is 1.77 bits per heavy atom. The number of nitrogens with one attached hydrogen (secondary N) is 1. The number of nitrogens with zero attached hydrogens (tertiary/aromatic N) is 1. The van der Waals surface area contributed by atoms with Crippen molar-refractivity contribution < 1.29 is 13.2 Å². The number of rotatable bonds is 5. The van der Waals surface area contributed by atoms with Crippen molar-refractivity contribution in [1.82, 2.24) is 4.98 Å². The van der Waals surface area contributed by atoms with Crippen LogP contribution >= 0.6 is 11.6 Å². The van der Waals surface area contributed by atoms with E-state index in [2.05, 4.69) is 30.5 Å². The van der Waals surface area contributed by atoms with E-state index in [1.54, 1.807) is 42.7 Å². The minimum Gasteiger partial charge on any atom is -0.359 e. The summed E-state index contributed by atoms with van der Waals surface area (Å²) in [6, 6.07) is 15.8. The monoisotopic (exact) mass is 442 g/mol. The molecular formula is C23H23ClN2O3S. The fourth-order valence-electron chi connectivity index (χ4n) is 3.35. The van der Waals surface area contributed by atoms with Crippen LogP contribution < -0.4 is 4.72 Å². The zero-order chi connectivity index (χ0) is 21.5. The van der Waals surface area contributed by atoms with Crippen molar-refractivity contribution in [2.75, 3.05) is 4.72 Å². The summed E-state index contributed by atoms with van der Waals surface area (Å²) in [6.45, 7) is 6.26. The molecular weight excluding hydrogens is 420 g/mol. The van der Waals surface area contributed by atoms with Gasteiger partial charge in [-0.3, -0.25) is 9.71 Å². The maximum absolute atomic E-state index is 13.0. The van der Waals surface area contributed by atoms with E-state index in [1.165, 1.54) is 0 Å². The van der Waals surface area contributed by atoms with E-state index in [4.69, 9.17) is 16.3 Å². The summed E-state index contributed by atoms with van der Waals surface area (Å²) < 4.78 is 34.5. The van der Waals surface area contributed by atoms with Crippen LogP contribution in [-0.2, 0) is 20.2 Å². The van der Waals surface area contributed by atoms with Gasteiger partial charge in [0.2, 0.25) is 0 Å². The molecule has 0 amide bonds. The van der Waals surface area contributed by atoms with Crippen LogP contribution in [0.3, 0.4) is 0 Å². The molecule has 1 fully saturated rings. The van der Waals surface area contributed by atoms with Gasteiger partial charge in [0.05, 0.1) is 10.6 Å². The molecule has 7 heteroatoms. The highest BCUT2D eigenvalue weighted by atomic mass is 35.5. The lowest BCUT2D eigenvalue weighted by Crippen LogP contribution is -2.15. The van der Waals surface area contributed by atoms with E-state index in [-0.39, 0.29) is 22.5 Å². The highest BCUT2D eigenvalue weighted by Crippen LogP contribution is 2.53. The van der Waals surface area contributed by atoms with Crippen LogP contribution in [0.2, 0.25) is 5.02 Å². The van der Waals surface area contributed by atoms with E-state index >= 15 is 0 Å². The summed E-state index contributed by atoms with van der Waals surface area (Å²) in [5, 5.41) is 0.517. The third-order valence-corrected chi connectivity index (χ3v) is 6.72. The van der Waals surface area contributed by atoms with Crippen LogP contribution in [0, 0.1) is 0 Å². The molecule has 1 aromatic heterocycles. The number of halogens is 1. The molecule has 0 radical (unpaired) electrons. The lowest BCUT2D eigenvalue weighted by Gasteiger charge is -2.19. The summed E-state index contributed by atoms with van der Waals surface area (Å²) in [7, 11) is -3.76. The van der Waals surface area contributed by atoms with Gasteiger partial charge in [-0.15, -0.1) is 0 Å². The lowest BCUT2D eigenvalue weighted by molar-refractivity contribution is 0.378. The van der Waals surface area contributed by atoms with Gasteiger partial charge in [0.15, 0.2) is 0 Å². The van der Waals surface area contributed by atoms with Gasteiger partial charge in [-0.2, -0.15) is 0 Å². The Bertz CT molecular complexity index is 1160. The largest absolute Gasteiger partial charge is 0.359 e. The zero-order valence-corrected chi connectivity index (χ0v) is 18.5. The Hall–Kier alpha value is -2.41. The first-order valence-electron chi connectivity index (χ1n) is 9.63. The summed E-state index contributed by atoms with van der Waals surface area (Å²) >= 11 is 6.19. The summed E-state index contributed by atoms with van der Waals surface area (Å²) in [5.41, 5.74) is 3.11. The van der Waals surface area contributed by atoms with Crippen molar-refractivity contribution in [3.8, 4) is 0 Å². The molecule has 2 atom stereocenters. The Morgan fingerprint density at radius 1 is 1.03 bits per heavy atom. The van der Waals surface area contributed by atoms with E-state index in [1.807, 2.05) is 24.3 Å². The van der Waals surface area contributed by atoms with Crippen LogP contribution in [0.1, 0.15) is 49.7 Å². The molecule has 0 aliphatic carbocycles. The number of aromatic nitrogens is 1. The molecule has 2 heterocycles. The predicted octanol–water partition coefficient (Wildman–Crippen LogP) is 5.65. The van der Waals surface area contributed by atoms with Crippen LogP contribution in [0.25, 0.3) is 0 Å². The molecule has 156 valence electrons. The first-order valence-corrected chi connectivity index (χ1v) is 11.5. The number of hydrogen-bond acceptors (Lipinski definition) is 4. The van der Waals surface area contributed by atoms with Crippen LogP contribution in [0.4, 0.5) is 5.69 Å². The van der Waals surface area contributed by atoms with Gasteiger partial charge in [-0.05, 0) is 47.4 Å². The fraction of sp³-hybridized carbons (Fsp3) is 0.261. The van der Waals surface area contributed by atoms with Crippen molar-refractivity contribution in [3.05, 3.63) is 88.7 Å². The molecule has 2 unspecified atom stereocenters. The first-order chi connectivity index (χ1) is 14.1. The second-order valence-corrected chi connectivity index (χ2v) is 10.5. The highest BCUT2D eigenvalue weighted by Gasteiger charge is 2.43. The van der Waals surface area contributed by atoms with Gasteiger partial charge in [0.25, 0.3) is 10.0 Å². The molecule has 4 rings (SSSR count). The molecule has 0 bridgehead atoms.